The minimum atomic E-state index is -0.783. The summed E-state index contributed by atoms with van der Waals surface area (Å²) >= 11 is 0. The fourth-order valence-electron chi connectivity index (χ4n) is 1.84. The molecule has 0 radical (unpaired) electrons. The highest BCUT2D eigenvalue weighted by atomic mass is 16.2. The lowest BCUT2D eigenvalue weighted by Gasteiger charge is -2.30. The van der Waals surface area contributed by atoms with Crippen LogP contribution < -0.4 is 16.0 Å². The average molecular weight is 243 g/mol. The van der Waals surface area contributed by atoms with E-state index >= 15 is 0 Å². The third-order valence-corrected chi connectivity index (χ3v) is 2.69. The molecule has 92 valence electrons. The molecule has 1 aromatic rings. The average Bonchev–Trinajstić information content (AvgIpc) is 2.37. The maximum absolute atomic E-state index is 12.1. The van der Waals surface area contributed by atoms with Crippen molar-refractivity contribution in [2.75, 3.05) is 16.8 Å². The molecule has 18 heavy (non-hydrogen) atoms. The summed E-state index contributed by atoms with van der Waals surface area (Å²) in [6.07, 6.45) is 5.29. The lowest BCUT2D eigenvalue weighted by molar-refractivity contribution is -0.122. The van der Waals surface area contributed by atoms with Crippen molar-refractivity contribution < 1.29 is 9.59 Å². The monoisotopic (exact) mass is 243 g/mol. The molecule has 5 nitrogen and oxygen atoms in total. The summed E-state index contributed by atoms with van der Waals surface area (Å²) in [5, 5.41) is 2.70. The second-order valence-electron chi connectivity index (χ2n) is 4.00. The predicted molar refractivity (Wildman–Crippen MR) is 68.9 cm³/mol. The first-order valence-electron chi connectivity index (χ1n) is 5.53. The van der Waals surface area contributed by atoms with Crippen LogP contribution in [0.3, 0.4) is 0 Å². The molecule has 2 amide bonds. The number of rotatable bonds is 2. The van der Waals surface area contributed by atoms with E-state index in [1.807, 2.05) is 0 Å². The van der Waals surface area contributed by atoms with Gasteiger partial charge in [0.1, 0.15) is 6.54 Å². The van der Waals surface area contributed by atoms with Crippen LogP contribution in [0.25, 0.3) is 0 Å². The van der Waals surface area contributed by atoms with Crippen LogP contribution in [0.2, 0.25) is 0 Å². The van der Waals surface area contributed by atoms with Gasteiger partial charge in [-0.15, -0.1) is 12.3 Å². The fourth-order valence-corrected chi connectivity index (χ4v) is 1.84. The maximum atomic E-state index is 12.1. The highest BCUT2D eigenvalue weighted by Gasteiger charge is 2.29. The number of para-hydroxylation sites is 2. The number of carbonyl (C=O) groups is 2. The Morgan fingerprint density at radius 3 is 3.00 bits per heavy atom. The Hall–Kier alpha value is -2.32. The topological polar surface area (TPSA) is 75.4 Å². The van der Waals surface area contributed by atoms with Gasteiger partial charge in [-0.3, -0.25) is 14.5 Å². The van der Waals surface area contributed by atoms with Crippen molar-refractivity contribution in [1.29, 1.82) is 0 Å². The van der Waals surface area contributed by atoms with E-state index in [1.54, 1.807) is 24.3 Å². The Kier molecular flexibility index (Phi) is 3.31. The van der Waals surface area contributed by atoms with E-state index in [1.165, 1.54) is 4.90 Å². The standard InChI is InChI=1S/C13H13N3O2/c1-2-5-9(14)13(18)16-8-12(17)15-10-6-3-4-7-11(10)16/h1,3-4,6-7,9H,5,8,14H2,(H,15,17). The van der Waals surface area contributed by atoms with Gasteiger partial charge in [0.15, 0.2) is 0 Å². The predicted octanol–water partition coefficient (Wildman–Crippen LogP) is 0.322. The molecule has 3 N–H and O–H groups in total. The van der Waals surface area contributed by atoms with Gasteiger partial charge in [-0.2, -0.15) is 0 Å². The Morgan fingerprint density at radius 1 is 1.56 bits per heavy atom. The molecular formula is C13H13N3O2. The van der Waals surface area contributed by atoms with Crippen LogP contribution in [0.5, 0.6) is 0 Å². The van der Waals surface area contributed by atoms with Gasteiger partial charge in [0, 0.05) is 6.42 Å². The summed E-state index contributed by atoms with van der Waals surface area (Å²) in [5.74, 6) is 1.77. The number of terminal acetylenes is 1. The number of fused-ring (bicyclic) bond motifs is 1. The SMILES string of the molecule is C#CCC(N)C(=O)N1CC(=O)Nc2ccccc21. The van der Waals surface area contributed by atoms with E-state index in [4.69, 9.17) is 12.2 Å². The van der Waals surface area contributed by atoms with Crippen molar-refractivity contribution in [2.24, 2.45) is 5.73 Å². The van der Waals surface area contributed by atoms with Gasteiger partial charge in [0.25, 0.3) is 0 Å². The van der Waals surface area contributed by atoms with Crippen molar-refractivity contribution in [2.45, 2.75) is 12.5 Å². The van der Waals surface area contributed by atoms with E-state index in [2.05, 4.69) is 11.2 Å². The van der Waals surface area contributed by atoms with Crippen molar-refractivity contribution in [3.05, 3.63) is 24.3 Å². The first kappa shape index (κ1) is 12.1. The summed E-state index contributed by atoms with van der Waals surface area (Å²) in [4.78, 5) is 25.0. The molecule has 0 fully saturated rings. The second kappa shape index (κ2) is 4.90. The molecule has 1 aliphatic heterocycles. The number of nitrogens with two attached hydrogens (primary N) is 1. The highest BCUT2D eigenvalue weighted by Crippen LogP contribution is 2.29. The van der Waals surface area contributed by atoms with Gasteiger partial charge in [-0.25, -0.2) is 0 Å². The Bertz CT molecular complexity index is 533. The number of amides is 2. The Balaban J connectivity index is 2.32. The molecule has 0 bridgehead atoms. The van der Waals surface area contributed by atoms with Gasteiger partial charge in [-0.05, 0) is 12.1 Å². The van der Waals surface area contributed by atoms with E-state index in [0.717, 1.165) is 0 Å². The van der Waals surface area contributed by atoms with Crippen LogP contribution in [-0.4, -0.2) is 24.4 Å². The molecule has 0 aliphatic carbocycles. The Labute approximate surface area is 105 Å². The van der Waals surface area contributed by atoms with Crippen molar-refractivity contribution in [3.8, 4) is 12.3 Å². The number of nitrogens with zero attached hydrogens (tertiary/aromatic N) is 1. The van der Waals surface area contributed by atoms with Gasteiger partial charge >= 0.3 is 0 Å². The lowest BCUT2D eigenvalue weighted by Crippen LogP contribution is -2.49. The molecule has 1 unspecified atom stereocenters. The summed E-state index contributed by atoms with van der Waals surface area (Å²) in [5.41, 5.74) is 6.95. The first-order chi connectivity index (χ1) is 8.63. The largest absolute Gasteiger partial charge is 0.323 e. The van der Waals surface area contributed by atoms with Gasteiger partial charge in [0.05, 0.1) is 17.4 Å². The Morgan fingerprint density at radius 2 is 2.28 bits per heavy atom. The maximum Gasteiger partial charge on any atom is 0.245 e. The minimum absolute atomic E-state index is 0.0336. The molecule has 1 aliphatic rings. The second-order valence-corrected chi connectivity index (χ2v) is 4.00. The number of carbonyl (C=O) groups excluding carboxylic acids is 2. The normalized spacial score (nSPS) is 15.3. The number of hydrogen-bond donors (Lipinski definition) is 2. The summed E-state index contributed by atoms with van der Waals surface area (Å²) in [7, 11) is 0. The molecular weight excluding hydrogens is 230 g/mol. The smallest absolute Gasteiger partial charge is 0.245 e. The lowest BCUT2D eigenvalue weighted by atomic mass is 10.1. The molecule has 1 heterocycles. The quantitative estimate of drug-likeness (QED) is 0.735. The van der Waals surface area contributed by atoms with E-state index in [9.17, 15) is 9.59 Å². The molecule has 0 spiro atoms. The van der Waals surface area contributed by atoms with Crippen LogP contribution in [0, 0.1) is 12.3 Å². The fraction of sp³-hybridized carbons (Fsp3) is 0.231. The summed E-state index contributed by atoms with van der Waals surface area (Å²) in [6.45, 7) is -0.0336. The zero-order valence-corrected chi connectivity index (χ0v) is 9.72. The van der Waals surface area contributed by atoms with Crippen LogP contribution in [-0.2, 0) is 9.59 Å². The highest BCUT2D eigenvalue weighted by molar-refractivity contribution is 6.11. The molecule has 1 aromatic carbocycles. The van der Waals surface area contributed by atoms with Crippen LogP contribution in [0.4, 0.5) is 11.4 Å². The van der Waals surface area contributed by atoms with Crippen LogP contribution in [0.15, 0.2) is 24.3 Å². The zero-order valence-electron chi connectivity index (χ0n) is 9.72. The number of anilines is 2. The van der Waals surface area contributed by atoms with Gasteiger partial charge in [-0.1, -0.05) is 12.1 Å². The van der Waals surface area contributed by atoms with Crippen LogP contribution >= 0.6 is 0 Å². The number of benzene rings is 1. The number of nitrogens with one attached hydrogen (secondary N) is 1. The molecule has 0 saturated heterocycles. The summed E-state index contributed by atoms with van der Waals surface area (Å²) < 4.78 is 0. The van der Waals surface area contributed by atoms with Gasteiger partial charge < -0.3 is 11.1 Å². The van der Waals surface area contributed by atoms with Crippen molar-refractivity contribution >= 4 is 23.2 Å². The van der Waals surface area contributed by atoms with E-state index < -0.39 is 6.04 Å². The van der Waals surface area contributed by atoms with Crippen molar-refractivity contribution in [1.82, 2.24) is 0 Å². The molecule has 0 saturated carbocycles. The zero-order chi connectivity index (χ0) is 13.1. The van der Waals surface area contributed by atoms with Crippen LogP contribution in [0.1, 0.15) is 6.42 Å². The third kappa shape index (κ3) is 2.19. The molecule has 1 atom stereocenters. The molecule has 0 aromatic heterocycles. The number of hydrogen-bond acceptors (Lipinski definition) is 3. The van der Waals surface area contributed by atoms with Gasteiger partial charge in [0.2, 0.25) is 11.8 Å². The summed E-state index contributed by atoms with van der Waals surface area (Å²) in [6, 6.07) is 6.29. The first-order valence-corrected chi connectivity index (χ1v) is 5.53. The molecule has 5 heteroatoms. The van der Waals surface area contributed by atoms with E-state index in [-0.39, 0.29) is 24.8 Å². The molecule has 2 rings (SSSR count). The van der Waals surface area contributed by atoms with Crippen molar-refractivity contribution in [3.63, 3.8) is 0 Å². The third-order valence-electron chi connectivity index (χ3n) is 2.69. The van der Waals surface area contributed by atoms with E-state index in [0.29, 0.717) is 11.4 Å². The minimum Gasteiger partial charge on any atom is -0.323 e.